The van der Waals surface area contributed by atoms with Crippen molar-refractivity contribution >= 4 is 17.5 Å². The molecule has 1 saturated heterocycles. The number of anilines is 1. The topological polar surface area (TPSA) is 77.5 Å². The van der Waals surface area contributed by atoms with Crippen molar-refractivity contribution in [2.75, 3.05) is 46.9 Å². The Bertz CT molecular complexity index is 998. The molecule has 0 N–H and O–H groups in total. The minimum absolute atomic E-state index is 0.0317. The van der Waals surface area contributed by atoms with Gasteiger partial charge in [0.15, 0.2) is 11.5 Å². The quantitative estimate of drug-likeness (QED) is 0.495. The molecule has 190 valence electrons. The molecule has 0 aromatic heterocycles. The highest BCUT2D eigenvalue weighted by Gasteiger charge is 2.43. The van der Waals surface area contributed by atoms with Gasteiger partial charge in [-0.2, -0.15) is 0 Å². The zero-order valence-electron chi connectivity index (χ0n) is 21.5. The molecular weight excluding hydrogens is 448 g/mol. The third-order valence-corrected chi connectivity index (χ3v) is 6.52. The minimum atomic E-state index is -0.499. The van der Waals surface area contributed by atoms with Crippen LogP contribution in [0.2, 0.25) is 0 Å². The Morgan fingerprint density at radius 1 is 1.00 bits per heavy atom. The summed E-state index contributed by atoms with van der Waals surface area (Å²) in [5.41, 5.74) is 1.44. The molecule has 0 radical (unpaired) electrons. The van der Waals surface area contributed by atoms with Crippen molar-refractivity contribution in [3.8, 4) is 23.0 Å². The van der Waals surface area contributed by atoms with Crippen molar-refractivity contribution in [2.24, 2.45) is 5.92 Å². The lowest BCUT2D eigenvalue weighted by atomic mass is 9.82. The highest BCUT2D eigenvalue weighted by atomic mass is 16.5. The van der Waals surface area contributed by atoms with Crippen LogP contribution in [0.1, 0.15) is 44.2 Å². The van der Waals surface area contributed by atoms with E-state index in [0.717, 1.165) is 18.4 Å². The van der Waals surface area contributed by atoms with Crippen LogP contribution in [0.15, 0.2) is 36.4 Å². The number of benzene rings is 2. The van der Waals surface area contributed by atoms with E-state index in [4.69, 9.17) is 18.9 Å². The Balaban J connectivity index is 2.14. The normalized spacial score (nSPS) is 17.7. The van der Waals surface area contributed by atoms with Gasteiger partial charge in [-0.3, -0.25) is 9.59 Å². The number of carbonyl (C=O) groups is 2. The van der Waals surface area contributed by atoms with Crippen LogP contribution in [-0.4, -0.2) is 58.7 Å². The number of ether oxygens (including phenoxy) is 4. The molecule has 0 spiro atoms. The van der Waals surface area contributed by atoms with Gasteiger partial charge < -0.3 is 28.7 Å². The van der Waals surface area contributed by atoms with Gasteiger partial charge in [-0.1, -0.05) is 25.5 Å². The number of hydrogen-bond donors (Lipinski definition) is 0. The molecule has 1 fully saturated rings. The summed E-state index contributed by atoms with van der Waals surface area (Å²) in [7, 11) is 8.05. The van der Waals surface area contributed by atoms with Crippen LogP contribution in [0.4, 0.5) is 5.69 Å². The van der Waals surface area contributed by atoms with Gasteiger partial charge in [0.2, 0.25) is 17.6 Å². The van der Waals surface area contributed by atoms with Crippen molar-refractivity contribution in [3.63, 3.8) is 0 Å². The summed E-state index contributed by atoms with van der Waals surface area (Å²) in [4.78, 5) is 30.5. The number of hydrogen-bond acceptors (Lipinski definition) is 6. The van der Waals surface area contributed by atoms with Crippen LogP contribution in [0, 0.1) is 5.92 Å². The van der Waals surface area contributed by atoms with E-state index in [2.05, 4.69) is 6.92 Å². The largest absolute Gasteiger partial charge is 0.497 e. The first-order valence-corrected chi connectivity index (χ1v) is 11.9. The van der Waals surface area contributed by atoms with E-state index < -0.39 is 12.0 Å². The Morgan fingerprint density at radius 2 is 1.63 bits per heavy atom. The summed E-state index contributed by atoms with van der Waals surface area (Å²) in [6.07, 6.45) is 2.67. The van der Waals surface area contributed by atoms with E-state index >= 15 is 0 Å². The predicted molar refractivity (Wildman–Crippen MR) is 135 cm³/mol. The van der Waals surface area contributed by atoms with Gasteiger partial charge in [0.05, 0.1) is 46.1 Å². The molecule has 35 heavy (non-hydrogen) atoms. The summed E-state index contributed by atoms with van der Waals surface area (Å²) >= 11 is 0. The first-order valence-electron chi connectivity index (χ1n) is 11.9. The number of amides is 2. The summed E-state index contributed by atoms with van der Waals surface area (Å²) in [6, 6.07) is 10.5. The standard InChI is InChI=1S/C27H36N2O6/c1-7-8-15-28(2)27(31)21-13-14-24(30)29(25(21)18-9-11-20(32-3)12-10-18)19-16-22(33-4)26(35-6)23(17-19)34-5/h9-12,16-17,21,25H,7-8,13-15H2,1-6H3/t21-,25-/m0/s1. The van der Waals surface area contributed by atoms with Gasteiger partial charge >= 0.3 is 0 Å². The molecule has 0 aliphatic carbocycles. The van der Waals surface area contributed by atoms with Gasteiger partial charge in [0.25, 0.3) is 0 Å². The number of methoxy groups -OCH3 is 4. The highest BCUT2D eigenvalue weighted by molar-refractivity contribution is 5.98. The van der Waals surface area contributed by atoms with Crippen LogP contribution in [0.5, 0.6) is 23.0 Å². The molecule has 0 saturated carbocycles. The zero-order chi connectivity index (χ0) is 25.5. The third kappa shape index (κ3) is 5.47. The summed E-state index contributed by atoms with van der Waals surface area (Å²) in [6.45, 7) is 2.78. The molecule has 2 atom stereocenters. The Hall–Kier alpha value is -3.42. The molecule has 1 heterocycles. The lowest BCUT2D eigenvalue weighted by Crippen LogP contribution is -2.48. The molecule has 0 unspecified atom stereocenters. The molecule has 1 aliphatic rings. The summed E-state index contributed by atoms with van der Waals surface area (Å²) in [5, 5.41) is 0. The number of carbonyl (C=O) groups excluding carboxylic acids is 2. The number of piperidine rings is 1. The van der Waals surface area contributed by atoms with Crippen molar-refractivity contribution < 1.29 is 28.5 Å². The average molecular weight is 485 g/mol. The van der Waals surface area contributed by atoms with E-state index in [1.165, 1.54) is 21.3 Å². The molecular formula is C27H36N2O6. The molecule has 2 amide bonds. The summed E-state index contributed by atoms with van der Waals surface area (Å²) < 4.78 is 21.9. The Labute approximate surface area is 207 Å². The zero-order valence-corrected chi connectivity index (χ0v) is 21.5. The fourth-order valence-electron chi connectivity index (χ4n) is 4.63. The van der Waals surface area contributed by atoms with E-state index in [0.29, 0.717) is 41.7 Å². The predicted octanol–water partition coefficient (Wildman–Crippen LogP) is 4.46. The second-order valence-corrected chi connectivity index (χ2v) is 8.62. The van der Waals surface area contributed by atoms with Gasteiger partial charge in [0, 0.05) is 32.1 Å². The maximum absolute atomic E-state index is 13.6. The summed E-state index contributed by atoms with van der Waals surface area (Å²) in [5.74, 6) is 1.59. The number of nitrogens with zero attached hydrogens (tertiary/aromatic N) is 2. The average Bonchev–Trinajstić information content (AvgIpc) is 2.90. The van der Waals surface area contributed by atoms with Crippen LogP contribution < -0.4 is 23.8 Å². The SMILES string of the molecule is CCCCN(C)C(=O)[C@H]1CCC(=O)N(c2cc(OC)c(OC)c(OC)c2)[C@H]1c1ccc(OC)cc1. The van der Waals surface area contributed by atoms with Crippen molar-refractivity contribution in [1.29, 1.82) is 0 Å². The lowest BCUT2D eigenvalue weighted by Gasteiger charge is -2.42. The molecule has 0 bridgehead atoms. The Morgan fingerprint density at radius 3 is 2.14 bits per heavy atom. The molecule has 8 heteroatoms. The number of rotatable bonds is 10. The Kier molecular flexibility index (Phi) is 8.84. The van der Waals surface area contributed by atoms with Gasteiger partial charge in [-0.15, -0.1) is 0 Å². The molecule has 2 aromatic rings. The fraction of sp³-hybridized carbons (Fsp3) is 0.481. The van der Waals surface area contributed by atoms with Crippen molar-refractivity contribution in [2.45, 2.75) is 38.6 Å². The van der Waals surface area contributed by atoms with E-state index in [1.807, 2.05) is 31.3 Å². The second-order valence-electron chi connectivity index (χ2n) is 8.62. The molecule has 1 aliphatic heterocycles. The second kappa shape index (κ2) is 11.8. The van der Waals surface area contributed by atoms with Crippen LogP contribution in [0.3, 0.4) is 0 Å². The van der Waals surface area contributed by atoms with Crippen LogP contribution in [-0.2, 0) is 9.59 Å². The minimum Gasteiger partial charge on any atom is -0.497 e. The van der Waals surface area contributed by atoms with E-state index in [-0.39, 0.29) is 18.2 Å². The lowest BCUT2D eigenvalue weighted by molar-refractivity contribution is -0.137. The van der Waals surface area contributed by atoms with Crippen LogP contribution >= 0.6 is 0 Å². The molecule has 8 nitrogen and oxygen atoms in total. The maximum Gasteiger partial charge on any atom is 0.227 e. The van der Waals surface area contributed by atoms with Gasteiger partial charge in [-0.05, 0) is 30.5 Å². The first-order chi connectivity index (χ1) is 16.9. The maximum atomic E-state index is 13.6. The van der Waals surface area contributed by atoms with Gasteiger partial charge in [-0.25, -0.2) is 0 Å². The van der Waals surface area contributed by atoms with E-state index in [1.54, 1.807) is 29.0 Å². The molecule has 2 aromatic carbocycles. The van der Waals surface area contributed by atoms with Gasteiger partial charge in [0.1, 0.15) is 5.75 Å². The van der Waals surface area contributed by atoms with Crippen molar-refractivity contribution in [1.82, 2.24) is 4.90 Å². The number of unbranched alkanes of at least 4 members (excludes halogenated alkanes) is 1. The van der Waals surface area contributed by atoms with Crippen LogP contribution in [0.25, 0.3) is 0 Å². The third-order valence-electron chi connectivity index (χ3n) is 6.52. The monoisotopic (exact) mass is 484 g/mol. The fourth-order valence-corrected chi connectivity index (χ4v) is 4.63. The van der Waals surface area contributed by atoms with E-state index in [9.17, 15) is 9.59 Å². The molecule has 3 rings (SSSR count). The van der Waals surface area contributed by atoms with Crippen molar-refractivity contribution in [3.05, 3.63) is 42.0 Å². The first kappa shape index (κ1) is 26.2. The smallest absolute Gasteiger partial charge is 0.227 e. The highest BCUT2D eigenvalue weighted by Crippen LogP contribution is 2.46.